The van der Waals surface area contributed by atoms with Crippen LogP contribution in [0, 0.1) is 0 Å². The van der Waals surface area contributed by atoms with Crippen LogP contribution in [0.3, 0.4) is 0 Å². The van der Waals surface area contributed by atoms with Gasteiger partial charge in [0.1, 0.15) is 5.54 Å². The van der Waals surface area contributed by atoms with Crippen LogP contribution in [0.5, 0.6) is 0 Å². The van der Waals surface area contributed by atoms with Crippen molar-refractivity contribution in [2.75, 3.05) is 5.32 Å². The van der Waals surface area contributed by atoms with Gasteiger partial charge in [-0.15, -0.1) is 11.8 Å². The zero-order valence-electron chi connectivity index (χ0n) is 12.7. The lowest BCUT2D eigenvalue weighted by Crippen LogP contribution is -2.52. The molecule has 0 aliphatic carbocycles. The summed E-state index contributed by atoms with van der Waals surface area (Å²) in [5, 5.41) is 14.3. The molecule has 2 atom stereocenters. The Bertz CT molecular complexity index is 667. The third-order valence-electron chi connectivity index (χ3n) is 3.73. The lowest BCUT2D eigenvalue weighted by Gasteiger charge is -2.27. The first-order chi connectivity index (χ1) is 10.7. The summed E-state index contributed by atoms with van der Waals surface area (Å²) in [6, 6.07) is 5.14. The van der Waals surface area contributed by atoms with Crippen LogP contribution in [0.4, 0.5) is 5.69 Å². The zero-order valence-corrected chi connectivity index (χ0v) is 14.3. The number of thioether (sulfide) groups is 1. The predicted octanol–water partition coefficient (Wildman–Crippen LogP) is 2.51. The molecule has 3 N–H and O–H groups in total. The molecule has 0 spiro atoms. The topological polar surface area (TPSA) is 95.5 Å². The average Bonchev–Trinajstić information content (AvgIpc) is 2.47. The van der Waals surface area contributed by atoms with E-state index in [0.29, 0.717) is 10.7 Å². The van der Waals surface area contributed by atoms with Crippen molar-refractivity contribution in [3.63, 3.8) is 0 Å². The second-order valence-corrected chi connectivity index (χ2v) is 7.16. The number of carbonyl (C=O) groups excluding carboxylic acids is 2. The molecule has 1 aromatic carbocycles. The largest absolute Gasteiger partial charge is 0.480 e. The fourth-order valence-corrected chi connectivity index (χ4v) is 3.34. The SMILES string of the molecule is CCC(C)(NC(=O)CC1Sc2ccc(Cl)cc2NC1=O)C(=O)O. The lowest BCUT2D eigenvalue weighted by molar-refractivity contribution is -0.147. The van der Waals surface area contributed by atoms with Crippen LogP contribution in [-0.4, -0.2) is 33.7 Å². The van der Waals surface area contributed by atoms with Gasteiger partial charge in [0.25, 0.3) is 0 Å². The molecule has 0 bridgehead atoms. The molecule has 0 fully saturated rings. The highest BCUT2D eigenvalue weighted by molar-refractivity contribution is 8.01. The van der Waals surface area contributed by atoms with E-state index in [-0.39, 0.29) is 18.7 Å². The van der Waals surface area contributed by atoms with Gasteiger partial charge in [-0.1, -0.05) is 18.5 Å². The summed E-state index contributed by atoms with van der Waals surface area (Å²) in [6.07, 6.45) is 0.154. The number of halogens is 1. The highest BCUT2D eigenvalue weighted by Gasteiger charge is 2.35. The Morgan fingerprint density at radius 3 is 2.78 bits per heavy atom. The fraction of sp³-hybridized carbons (Fsp3) is 0.400. The standard InChI is InChI=1S/C15H17ClN2O4S/c1-3-15(2,14(21)22)18-12(19)7-11-13(20)17-9-6-8(16)4-5-10(9)23-11/h4-6,11H,3,7H2,1-2H3,(H,17,20)(H,18,19)(H,21,22). The van der Waals surface area contributed by atoms with Crippen molar-refractivity contribution in [1.82, 2.24) is 5.32 Å². The fourth-order valence-electron chi connectivity index (χ4n) is 2.08. The minimum absolute atomic E-state index is 0.0958. The molecular formula is C15H17ClN2O4S. The van der Waals surface area contributed by atoms with Crippen molar-refractivity contribution in [1.29, 1.82) is 0 Å². The van der Waals surface area contributed by atoms with Gasteiger partial charge < -0.3 is 15.7 Å². The monoisotopic (exact) mass is 356 g/mol. The third-order valence-corrected chi connectivity index (χ3v) is 5.24. The summed E-state index contributed by atoms with van der Waals surface area (Å²) >= 11 is 7.15. The summed E-state index contributed by atoms with van der Waals surface area (Å²) in [6.45, 7) is 3.12. The van der Waals surface area contributed by atoms with Crippen molar-refractivity contribution in [2.24, 2.45) is 0 Å². The minimum atomic E-state index is -1.33. The van der Waals surface area contributed by atoms with E-state index < -0.39 is 22.7 Å². The van der Waals surface area contributed by atoms with Crippen molar-refractivity contribution >= 4 is 46.8 Å². The average molecular weight is 357 g/mol. The van der Waals surface area contributed by atoms with Gasteiger partial charge in [-0.3, -0.25) is 9.59 Å². The van der Waals surface area contributed by atoms with E-state index in [1.54, 1.807) is 25.1 Å². The summed E-state index contributed by atoms with van der Waals surface area (Å²) in [5.74, 6) is -1.87. The van der Waals surface area contributed by atoms with Gasteiger partial charge in [0.05, 0.1) is 10.9 Å². The molecule has 6 nitrogen and oxygen atoms in total. The maximum absolute atomic E-state index is 12.1. The van der Waals surface area contributed by atoms with E-state index >= 15 is 0 Å². The quantitative estimate of drug-likeness (QED) is 0.753. The number of carboxylic acid groups (broad SMARTS) is 1. The van der Waals surface area contributed by atoms with E-state index in [2.05, 4.69) is 10.6 Å². The molecule has 124 valence electrons. The first-order valence-corrected chi connectivity index (χ1v) is 8.32. The molecule has 0 saturated heterocycles. The third kappa shape index (κ3) is 3.97. The molecule has 1 aromatic rings. The van der Waals surface area contributed by atoms with E-state index in [1.807, 2.05) is 0 Å². The number of benzene rings is 1. The zero-order chi connectivity index (χ0) is 17.2. The molecule has 1 aliphatic heterocycles. The maximum Gasteiger partial charge on any atom is 0.329 e. The normalized spacial score (nSPS) is 19.3. The van der Waals surface area contributed by atoms with E-state index in [1.165, 1.54) is 18.7 Å². The Kier molecular flexibility index (Phi) is 5.21. The summed E-state index contributed by atoms with van der Waals surface area (Å²) in [7, 11) is 0. The number of carbonyl (C=O) groups is 3. The van der Waals surface area contributed by atoms with E-state index in [0.717, 1.165) is 4.90 Å². The highest BCUT2D eigenvalue weighted by atomic mass is 35.5. The number of hydrogen-bond acceptors (Lipinski definition) is 4. The number of hydrogen-bond donors (Lipinski definition) is 3. The van der Waals surface area contributed by atoms with Gasteiger partial charge in [-0.2, -0.15) is 0 Å². The van der Waals surface area contributed by atoms with Crippen molar-refractivity contribution in [2.45, 2.75) is 42.4 Å². The molecule has 2 amide bonds. The minimum Gasteiger partial charge on any atom is -0.480 e. The molecule has 1 heterocycles. The van der Waals surface area contributed by atoms with Crippen LogP contribution >= 0.6 is 23.4 Å². The second-order valence-electron chi connectivity index (χ2n) is 5.48. The Hall–Kier alpha value is -1.73. The molecule has 0 radical (unpaired) electrons. The van der Waals surface area contributed by atoms with Gasteiger partial charge in [-0.05, 0) is 31.5 Å². The van der Waals surface area contributed by atoms with Gasteiger partial charge in [-0.25, -0.2) is 4.79 Å². The molecule has 0 saturated carbocycles. The number of amides is 2. The van der Waals surface area contributed by atoms with Crippen LogP contribution in [0.2, 0.25) is 5.02 Å². The predicted molar refractivity (Wildman–Crippen MR) is 88.8 cm³/mol. The van der Waals surface area contributed by atoms with Crippen molar-refractivity contribution < 1.29 is 19.5 Å². The number of rotatable bonds is 5. The number of nitrogens with one attached hydrogen (secondary N) is 2. The van der Waals surface area contributed by atoms with Crippen LogP contribution < -0.4 is 10.6 Å². The molecule has 23 heavy (non-hydrogen) atoms. The van der Waals surface area contributed by atoms with Gasteiger partial charge in [0.15, 0.2) is 0 Å². The summed E-state index contributed by atoms with van der Waals surface area (Å²) in [4.78, 5) is 36.3. The van der Waals surface area contributed by atoms with Gasteiger partial charge >= 0.3 is 5.97 Å². The van der Waals surface area contributed by atoms with Crippen LogP contribution in [0.15, 0.2) is 23.1 Å². The molecular weight excluding hydrogens is 340 g/mol. The molecule has 2 unspecified atom stereocenters. The number of carboxylic acids is 1. The molecule has 2 rings (SSSR count). The maximum atomic E-state index is 12.1. The smallest absolute Gasteiger partial charge is 0.329 e. The Balaban J connectivity index is 2.06. The first-order valence-electron chi connectivity index (χ1n) is 7.06. The van der Waals surface area contributed by atoms with Crippen molar-refractivity contribution in [3.05, 3.63) is 23.2 Å². The Morgan fingerprint density at radius 1 is 1.48 bits per heavy atom. The number of anilines is 1. The number of fused-ring (bicyclic) bond motifs is 1. The summed E-state index contributed by atoms with van der Waals surface area (Å²) in [5.41, 5.74) is -0.716. The Labute approximate surface area is 143 Å². The van der Waals surface area contributed by atoms with E-state index in [9.17, 15) is 19.5 Å². The van der Waals surface area contributed by atoms with Crippen LogP contribution in [-0.2, 0) is 14.4 Å². The molecule has 1 aliphatic rings. The van der Waals surface area contributed by atoms with Gasteiger partial charge in [0, 0.05) is 16.3 Å². The van der Waals surface area contributed by atoms with Crippen LogP contribution in [0.1, 0.15) is 26.7 Å². The molecule has 0 aromatic heterocycles. The lowest BCUT2D eigenvalue weighted by atomic mass is 9.99. The first kappa shape index (κ1) is 17.6. The van der Waals surface area contributed by atoms with Crippen LogP contribution in [0.25, 0.3) is 0 Å². The second kappa shape index (κ2) is 6.80. The van der Waals surface area contributed by atoms with E-state index in [4.69, 9.17) is 11.6 Å². The van der Waals surface area contributed by atoms with Crippen molar-refractivity contribution in [3.8, 4) is 0 Å². The Morgan fingerprint density at radius 2 is 2.17 bits per heavy atom. The summed E-state index contributed by atoms with van der Waals surface area (Å²) < 4.78 is 0. The highest BCUT2D eigenvalue weighted by Crippen LogP contribution is 2.38. The number of aliphatic carboxylic acids is 1. The molecule has 8 heteroatoms. The van der Waals surface area contributed by atoms with Gasteiger partial charge in [0.2, 0.25) is 11.8 Å².